The van der Waals surface area contributed by atoms with Crippen LogP contribution in [-0.4, -0.2) is 25.0 Å². The van der Waals surface area contributed by atoms with E-state index < -0.39 is 0 Å². The molecule has 0 aromatic carbocycles. The van der Waals surface area contributed by atoms with E-state index in [9.17, 15) is 0 Å². The molecule has 0 aromatic heterocycles. The van der Waals surface area contributed by atoms with Crippen molar-refractivity contribution in [2.45, 2.75) is 0 Å². The summed E-state index contributed by atoms with van der Waals surface area (Å²) < 4.78 is 0. The first-order valence-electron chi connectivity index (χ1n) is 2.95. The zero-order chi connectivity index (χ0) is 7.84. The Bertz CT molecular complexity index is 356. The second kappa shape index (κ2) is 2.13. The maximum absolute atomic E-state index is 5.73. The first-order valence-corrected chi connectivity index (χ1v) is 3.32. The number of hydrogen-bond acceptors (Lipinski definition) is 4. The van der Waals surface area contributed by atoms with E-state index in [1.54, 1.807) is 7.05 Å². The molecule has 0 unspecified atom stereocenters. The van der Waals surface area contributed by atoms with Gasteiger partial charge in [0.1, 0.15) is 6.33 Å². The third-order valence-electron chi connectivity index (χ3n) is 1.25. The van der Waals surface area contributed by atoms with Gasteiger partial charge >= 0.3 is 0 Å². The van der Waals surface area contributed by atoms with Gasteiger partial charge in [0.15, 0.2) is 10.8 Å². The first-order chi connectivity index (χ1) is 5.27. The number of nitrogens with zero attached hydrogens (tertiary/aromatic N) is 5. The molecular weight excluding hydrogens is 166 g/mol. The van der Waals surface area contributed by atoms with Crippen molar-refractivity contribution in [3.05, 3.63) is 11.5 Å². The molecule has 5 nitrogen and oxygen atoms in total. The number of aromatic nitrogens is 5. The molecule has 0 fully saturated rings. The van der Waals surface area contributed by atoms with Crippen molar-refractivity contribution in [1.29, 1.82) is 0 Å². The SMILES string of the molecule is Cn1nc2ncnc-2c(Cl)n1. The average molecular weight is 170 g/mol. The second-order valence-corrected chi connectivity index (χ2v) is 2.38. The molecule has 0 bridgehead atoms. The molecule has 0 aromatic rings. The summed E-state index contributed by atoms with van der Waals surface area (Å²) in [6.45, 7) is 0. The molecule has 0 saturated carbocycles. The van der Waals surface area contributed by atoms with E-state index >= 15 is 0 Å². The lowest BCUT2D eigenvalue weighted by Gasteiger charge is -1.99. The second-order valence-electron chi connectivity index (χ2n) is 2.03. The van der Waals surface area contributed by atoms with Gasteiger partial charge in [-0.05, 0) is 0 Å². The highest BCUT2D eigenvalue weighted by molar-refractivity contribution is 6.31. The maximum atomic E-state index is 5.73. The monoisotopic (exact) mass is 169 g/mol. The van der Waals surface area contributed by atoms with Crippen LogP contribution in [0.1, 0.15) is 0 Å². The molecule has 6 heteroatoms. The summed E-state index contributed by atoms with van der Waals surface area (Å²) in [5, 5.41) is 8.12. The molecule has 0 saturated heterocycles. The fraction of sp³-hybridized carbons (Fsp3) is 0.200. The van der Waals surface area contributed by atoms with E-state index in [-0.39, 0.29) is 0 Å². The summed E-state index contributed by atoms with van der Waals surface area (Å²) in [7, 11) is 1.68. The minimum atomic E-state index is 0.329. The molecule has 0 radical (unpaired) electrons. The number of halogens is 1. The molecule has 2 rings (SSSR count). The minimum Gasteiger partial charge on any atom is -0.230 e. The summed E-state index contributed by atoms with van der Waals surface area (Å²) in [6.07, 6.45) is 1.41. The minimum absolute atomic E-state index is 0.329. The molecule has 2 aliphatic rings. The fourth-order valence-corrected chi connectivity index (χ4v) is 1.06. The summed E-state index contributed by atoms with van der Waals surface area (Å²) in [5.74, 6) is 0.521. The Labute approximate surface area is 67.4 Å². The number of aryl methyl sites for hydroxylation is 1. The molecule has 0 atom stereocenters. The van der Waals surface area contributed by atoms with Gasteiger partial charge < -0.3 is 0 Å². The smallest absolute Gasteiger partial charge is 0.204 e. The number of fused-ring (bicyclic) bond motifs is 1. The van der Waals surface area contributed by atoms with E-state index in [1.807, 2.05) is 0 Å². The Morgan fingerprint density at radius 1 is 1.36 bits per heavy atom. The Hall–Kier alpha value is -1.23. The van der Waals surface area contributed by atoms with Gasteiger partial charge in [0.05, 0.1) is 0 Å². The van der Waals surface area contributed by atoms with Crippen LogP contribution in [0.2, 0.25) is 5.15 Å². The molecule has 0 N–H and O–H groups in total. The van der Waals surface area contributed by atoms with E-state index in [0.717, 1.165) is 0 Å². The maximum Gasteiger partial charge on any atom is 0.204 e. The predicted octanol–water partition coefficient (Wildman–Crippen LogP) is 0.363. The fourth-order valence-electron chi connectivity index (χ4n) is 0.813. The lowest BCUT2D eigenvalue weighted by molar-refractivity contribution is 0.614. The zero-order valence-corrected chi connectivity index (χ0v) is 6.45. The third-order valence-corrected chi connectivity index (χ3v) is 1.50. The molecule has 2 aliphatic heterocycles. The van der Waals surface area contributed by atoms with E-state index in [2.05, 4.69) is 20.2 Å². The van der Waals surface area contributed by atoms with E-state index in [4.69, 9.17) is 11.6 Å². The van der Waals surface area contributed by atoms with Crippen LogP contribution in [0.3, 0.4) is 0 Å². The number of rotatable bonds is 0. The normalized spacial score (nSPS) is 10.7. The summed E-state index contributed by atoms with van der Waals surface area (Å²) in [6, 6.07) is 0. The molecule has 11 heavy (non-hydrogen) atoms. The van der Waals surface area contributed by atoms with Crippen LogP contribution in [0.4, 0.5) is 0 Å². The van der Waals surface area contributed by atoms with Gasteiger partial charge in [0, 0.05) is 7.05 Å². The quantitative estimate of drug-likeness (QED) is 0.572. The molecule has 0 spiro atoms. The molecular formula is C5H4ClN5. The van der Waals surface area contributed by atoms with Gasteiger partial charge in [-0.2, -0.15) is 4.80 Å². The Morgan fingerprint density at radius 3 is 3.00 bits per heavy atom. The van der Waals surface area contributed by atoms with Crippen molar-refractivity contribution in [2.24, 2.45) is 7.05 Å². The Morgan fingerprint density at radius 2 is 2.18 bits per heavy atom. The zero-order valence-electron chi connectivity index (χ0n) is 5.69. The highest BCUT2D eigenvalue weighted by atomic mass is 35.5. The van der Waals surface area contributed by atoms with Crippen LogP contribution in [0.5, 0.6) is 0 Å². The largest absolute Gasteiger partial charge is 0.230 e. The summed E-state index contributed by atoms with van der Waals surface area (Å²) in [5.41, 5.74) is 0.546. The van der Waals surface area contributed by atoms with Gasteiger partial charge in [0.2, 0.25) is 5.82 Å². The van der Waals surface area contributed by atoms with Crippen molar-refractivity contribution < 1.29 is 0 Å². The molecule has 0 aliphatic carbocycles. The highest BCUT2D eigenvalue weighted by Crippen LogP contribution is 2.19. The van der Waals surface area contributed by atoms with Crippen molar-refractivity contribution in [3.8, 4) is 11.5 Å². The van der Waals surface area contributed by atoms with Crippen molar-refractivity contribution in [3.63, 3.8) is 0 Å². The Balaban J connectivity index is 2.79. The Kier molecular flexibility index (Phi) is 1.25. The predicted molar refractivity (Wildman–Crippen MR) is 38.2 cm³/mol. The standard InChI is InChI=1S/C5H4ClN5/c1-11-9-4(6)3-5(10-11)8-2-7-3/h2H,1H3. The van der Waals surface area contributed by atoms with Gasteiger partial charge in [-0.1, -0.05) is 11.6 Å². The van der Waals surface area contributed by atoms with Gasteiger partial charge in [0.25, 0.3) is 0 Å². The van der Waals surface area contributed by atoms with Gasteiger partial charge in [-0.15, -0.1) is 10.2 Å². The summed E-state index contributed by atoms with van der Waals surface area (Å²) in [4.78, 5) is 9.11. The van der Waals surface area contributed by atoms with Gasteiger partial charge in [-0.3, -0.25) is 0 Å². The van der Waals surface area contributed by atoms with Crippen LogP contribution in [-0.2, 0) is 7.05 Å². The molecule has 56 valence electrons. The highest BCUT2D eigenvalue weighted by Gasteiger charge is 2.12. The van der Waals surface area contributed by atoms with Crippen molar-refractivity contribution >= 4 is 11.6 Å². The van der Waals surface area contributed by atoms with Crippen LogP contribution in [0.25, 0.3) is 11.5 Å². The number of hydrogen-bond donors (Lipinski definition) is 0. The van der Waals surface area contributed by atoms with E-state index in [1.165, 1.54) is 11.1 Å². The van der Waals surface area contributed by atoms with Crippen molar-refractivity contribution in [1.82, 2.24) is 25.0 Å². The third kappa shape index (κ3) is 0.932. The van der Waals surface area contributed by atoms with Gasteiger partial charge in [-0.25, -0.2) is 9.97 Å². The van der Waals surface area contributed by atoms with Crippen LogP contribution in [0, 0.1) is 0 Å². The average Bonchev–Trinajstić information content (AvgIpc) is 2.34. The van der Waals surface area contributed by atoms with Crippen LogP contribution >= 0.6 is 11.6 Å². The molecule has 2 heterocycles. The summed E-state index contributed by atoms with van der Waals surface area (Å²) >= 11 is 5.73. The topological polar surface area (TPSA) is 56.5 Å². The van der Waals surface area contributed by atoms with Crippen LogP contribution in [0.15, 0.2) is 6.33 Å². The lowest BCUT2D eigenvalue weighted by Crippen LogP contribution is -2.05. The van der Waals surface area contributed by atoms with Crippen molar-refractivity contribution in [2.75, 3.05) is 0 Å². The van der Waals surface area contributed by atoms with Crippen LogP contribution < -0.4 is 0 Å². The first kappa shape index (κ1) is 6.48. The lowest BCUT2D eigenvalue weighted by atomic mass is 10.5. The molecule has 0 amide bonds. The van der Waals surface area contributed by atoms with E-state index in [0.29, 0.717) is 16.7 Å². The number of imidazole rings is 1.